The molecule has 2 aromatic rings. The van der Waals surface area contributed by atoms with Gasteiger partial charge in [0.25, 0.3) is 0 Å². The van der Waals surface area contributed by atoms with Crippen molar-refractivity contribution in [3.05, 3.63) is 34.5 Å². The van der Waals surface area contributed by atoms with Gasteiger partial charge in [-0.1, -0.05) is 0 Å². The number of aryl methyl sites for hydroxylation is 1. The third-order valence-corrected chi connectivity index (χ3v) is 3.35. The third kappa shape index (κ3) is 2.75. The van der Waals surface area contributed by atoms with Gasteiger partial charge in [0.15, 0.2) is 0 Å². The van der Waals surface area contributed by atoms with Crippen molar-refractivity contribution in [3.63, 3.8) is 0 Å². The quantitative estimate of drug-likeness (QED) is 0.629. The molecular formula is C11H15BrN6O. The first-order chi connectivity index (χ1) is 9.21. The SMILES string of the molecule is CCn1ncc(Br)c1C(NN)c1cc(OC)ncn1. The van der Waals surface area contributed by atoms with Crippen LogP contribution in [0.25, 0.3) is 0 Å². The Morgan fingerprint density at radius 2 is 2.32 bits per heavy atom. The zero-order valence-electron chi connectivity index (χ0n) is 10.7. The predicted octanol–water partition coefficient (Wildman–Crippen LogP) is 1.02. The van der Waals surface area contributed by atoms with Gasteiger partial charge in [-0.3, -0.25) is 10.5 Å². The van der Waals surface area contributed by atoms with Crippen LogP contribution in [0.2, 0.25) is 0 Å². The van der Waals surface area contributed by atoms with E-state index in [4.69, 9.17) is 10.6 Å². The predicted molar refractivity (Wildman–Crippen MR) is 73.4 cm³/mol. The highest BCUT2D eigenvalue weighted by Gasteiger charge is 2.22. The van der Waals surface area contributed by atoms with Crippen molar-refractivity contribution in [1.82, 2.24) is 25.2 Å². The monoisotopic (exact) mass is 326 g/mol. The van der Waals surface area contributed by atoms with Crippen molar-refractivity contribution in [2.45, 2.75) is 19.5 Å². The lowest BCUT2D eigenvalue weighted by atomic mass is 10.1. The molecule has 8 heteroatoms. The van der Waals surface area contributed by atoms with E-state index in [0.717, 1.165) is 16.7 Å². The molecular weight excluding hydrogens is 312 g/mol. The van der Waals surface area contributed by atoms with Gasteiger partial charge >= 0.3 is 0 Å². The standard InChI is InChI=1S/C11H15BrN6O/c1-3-18-11(7(12)5-16-18)10(17-13)8-4-9(19-2)15-6-14-8/h4-6,10,17H,3,13H2,1-2H3. The van der Waals surface area contributed by atoms with E-state index in [1.807, 2.05) is 11.6 Å². The minimum Gasteiger partial charge on any atom is -0.481 e. The largest absolute Gasteiger partial charge is 0.481 e. The van der Waals surface area contributed by atoms with Gasteiger partial charge in [0.2, 0.25) is 5.88 Å². The summed E-state index contributed by atoms with van der Waals surface area (Å²) in [6.07, 6.45) is 3.18. The lowest BCUT2D eigenvalue weighted by Crippen LogP contribution is -2.31. The number of halogens is 1. The van der Waals surface area contributed by atoms with Crippen molar-refractivity contribution in [3.8, 4) is 5.88 Å². The van der Waals surface area contributed by atoms with Crippen LogP contribution in [0.3, 0.4) is 0 Å². The summed E-state index contributed by atoms with van der Waals surface area (Å²) in [6, 6.07) is 1.44. The van der Waals surface area contributed by atoms with E-state index in [0.29, 0.717) is 11.6 Å². The highest BCUT2D eigenvalue weighted by Crippen LogP contribution is 2.27. The minimum atomic E-state index is -0.297. The Balaban J connectivity index is 2.46. The maximum Gasteiger partial charge on any atom is 0.216 e. The van der Waals surface area contributed by atoms with Crippen molar-refractivity contribution in [2.24, 2.45) is 5.84 Å². The third-order valence-electron chi connectivity index (χ3n) is 2.74. The molecule has 0 saturated carbocycles. The summed E-state index contributed by atoms with van der Waals surface area (Å²) in [4.78, 5) is 8.22. The Morgan fingerprint density at radius 1 is 1.53 bits per heavy atom. The number of hydrogen-bond donors (Lipinski definition) is 2. The Labute approximate surface area is 119 Å². The zero-order chi connectivity index (χ0) is 13.8. The number of methoxy groups -OCH3 is 1. The smallest absolute Gasteiger partial charge is 0.216 e. The molecule has 2 aromatic heterocycles. The molecule has 7 nitrogen and oxygen atoms in total. The Morgan fingerprint density at radius 3 is 2.95 bits per heavy atom. The molecule has 0 bridgehead atoms. The normalized spacial score (nSPS) is 12.4. The number of hydrogen-bond acceptors (Lipinski definition) is 6. The lowest BCUT2D eigenvalue weighted by Gasteiger charge is -2.17. The maximum atomic E-state index is 5.67. The molecule has 102 valence electrons. The second kappa shape index (κ2) is 6.09. The Bertz CT molecular complexity index is 558. The van der Waals surface area contributed by atoms with Crippen molar-refractivity contribution in [1.29, 1.82) is 0 Å². The second-order valence-electron chi connectivity index (χ2n) is 3.78. The van der Waals surface area contributed by atoms with Crippen molar-refractivity contribution in [2.75, 3.05) is 7.11 Å². The average Bonchev–Trinajstić information content (AvgIpc) is 2.82. The van der Waals surface area contributed by atoms with Gasteiger partial charge in [-0.2, -0.15) is 5.10 Å². The van der Waals surface area contributed by atoms with Crippen LogP contribution in [0.1, 0.15) is 24.4 Å². The van der Waals surface area contributed by atoms with Crippen molar-refractivity contribution < 1.29 is 4.74 Å². The molecule has 0 fully saturated rings. The van der Waals surface area contributed by atoms with Crippen LogP contribution in [0.15, 0.2) is 23.1 Å². The molecule has 0 aliphatic carbocycles. The van der Waals surface area contributed by atoms with Crippen LogP contribution < -0.4 is 16.0 Å². The van der Waals surface area contributed by atoms with E-state index in [9.17, 15) is 0 Å². The molecule has 1 unspecified atom stereocenters. The van der Waals surface area contributed by atoms with Gasteiger partial charge in [0.1, 0.15) is 12.4 Å². The van der Waals surface area contributed by atoms with E-state index in [1.54, 1.807) is 19.4 Å². The molecule has 0 spiro atoms. The number of aromatic nitrogens is 4. The van der Waals surface area contributed by atoms with Gasteiger partial charge in [0, 0.05) is 12.6 Å². The Hall–Kier alpha value is -1.51. The van der Waals surface area contributed by atoms with Crippen LogP contribution in [0, 0.1) is 0 Å². The highest BCUT2D eigenvalue weighted by molar-refractivity contribution is 9.10. The molecule has 0 saturated heterocycles. The van der Waals surface area contributed by atoms with Gasteiger partial charge in [0.05, 0.1) is 29.2 Å². The molecule has 19 heavy (non-hydrogen) atoms. The minimum absolute atomic E-state index is 0.297. The summed E-state index contributed by atoms with van der Waals surface area (Å²) in [5.74, 6) is 6.16. The van der Waals surface area contributed by atoms with Crippen LogP contribution in [0.4, 0.5) is 0 Å². The molecule has 2 rings (SSSR count). The molecule has 0 aliphatic rings. The number of ether oxygens (including phenoxy) is 1. The van der Waals surface area contributed by atoms with Crippen LogP contribution in [-0.4, -0.2) is 26.9 Å². The summed E-state index contributed by atoms with van der Waals surface area (Å²) < 4.78 is 7.82. The maximum absolute atomic E-state index is 5.67. The van der Waals surface area contributed by atoms with Crippen LogP contribution >= 0.6 is 15.9 Å². The number of nitrogens with zero attached hydrogens (tertiary/aromatic N) is 4. The molecule has 0 radical (unpaired) electrons. The number of nitrogens with two attached hydrogens (primary N) is 1. The summed E-state index contributed by atoms with van der Waals surface area (Å²) in [7, 11) is 1.56. The highest BCUT2D eigenvalue weighted by atomic mass is 79.9. The zero-order valence-corrected chi connectivity index (χ0v) is 12.3. The van der Waals surface area contributed by atoms with E-state index in [2.05, 4.69) is 36.4 Å². The molecule has 1 atom stereocenters. The average molecular weight is 327 g/mol. The Kier molecular flexibility index (Phi) is 4.46. The molecule has 0 aromatic carbocycles. The molecule has 0 aliphatic heterocycles. The number of nitrogens with one attached hydrogen (secondary N) is 1. The van der Waals surface area contributed by atoms with Gasteiger partial charge in [-0.15, -0.1) is 0 Å². The number of hydrazine groups is 1. The molecule has 0 amide bonds. The fourth-order valence-electron chi connectivity index (χ4n) is 1.84. The summed E-state index contributed by atoms with van der Waals surface area (Å²) in [6.45, 7) is 2.75. The van der Waals surface area contributed by atoms with Crippen molar-refractivity contribution >= 4 is 15.9 Å². The summed E-state index contributed by atoms with van der Waals surface area (Å²) in [5.41, 5.74) is 4.37. The van der Waals surface area contributed by atoms with E-state index >= 15 is 0 Å². The van der Waals surface area contributed by atoms with E-state index < -0.39 is 0 Å². The first-order valence-electron chi connectivity index (χ1n) is 5.74. The first kappa shape index (κ1) is 13.9. The van der Waals surface area contributed by atoms with Gasteiger partial charge in [-0.25, -0.2) is 15.4 Å². The fraction of sp³-hybridized carbons (Fsp3) is 0.364. The molecule has 3 N–H and O–H groups in total. The van der Waals surface area contributed by atoms with E-state index in [-0.39, 0.29) is 6.04 Å². The topological polar surface area (TPSA) is 90.9 Å². The summed E-state index contributed by atoms with van der Waals surface area (Å²) in [5, 5.41) is 4.27. The van der Waals surface area contributed by atoms with Crippen LogP contribution in [-0.2, 0) is 6.54 Å². The lowest BCUT2D eigenvalue weighted by molar-refractivity contribution is 0.394. The van der Waals surface area contributed by atoms with E-state index in [1.165, 1.54) is 6.33 Å². The van der Waals surface area contributed by atoms with Gasteiger partial charge in [-0.05, 0) is 22.9 Å². The van der Waals surface area contributed by atoms with Gasteiger partial charge < -0.3 is 4.74 Å². The van der Waals surface area contributed by atoms with Crippen LogP contribution in [0.5, 0.6) is 5.88 Å². The second-order valence-corrected chi connectivity index (χ2v) is 4.63. The summed E-state index contributed by atoms with van der Waals surface area (Å²) >= 11 is 3.48. The first-order valence-corrected chi connectivity index (χ1v) is 6.53. The fourth-order valence-corrected chi connectivity index (χ4v) is 2.36. The number of rotatable bonds is 5. The molecule has 2 heterocycles.